The van der Waals surface area contributed by atoms with Gasteiger partial charge in [-0.1, -0.05) is 35.9 Å². The highest BCUT2D eigenvalue weighted by Gasteiger charge is 2.42. The summed E-state index contributed by atoms with van der Waals surface area (Å²) in [5.41, 5.74) is 2.42. The normalized spacial score (nSPS) is 17.1. The van der Waals surface area contributed by atoms with Crippen LogP contribution in [-0.4, -0.2) is 45.1 Å². The van der Waals surface area contributed by atoms with Crippen molar-refractivity contribution in [3.63, 3.8) is 0 Å². The van der Waals surface area contributed by atoms with E-state index in [0.717, 1.165) is 5.56 Å². The van der Waals surface area contributed by atoms with Gasteiger partial charge in [0.1, 0.15) is 5.75 Å². The third-order valence-corrected chi connectivity index (χ3v) is 6.33. The summed E-state index contributed by atoms with van der Waals surface area (Å²) in [7, 11) is 6.33. The van der Waals surface area contributed by atoms with Crippen molar-refractivity contribution in [2.45, 2.75) is 12.0 Å². The van der Waals surface area contributed by atoms with Gasteiger partial charge in [0.05, 0.1) is 38.3 Å². The molecule has 2 amide bonds. The summed E-state index contributed by atoms with van der Waals surface area (Å²) in [5, 5.41) is 3.34. The average molecular weight is 481 g/mol. The fourth-order valence-electron chi connectivity index (χ4n) is 4.37. The lowest BCUT2D eigenvalue weighted by atomic mass is 9.79. The van der Waals surface area contributed by atoms with Gasteiger partial charge in [-0.25, -0.2) is 0 Å². The second-order valence-corrected chi connectivity index (χ2v) is 8.29. The number of rotatable bonds is 6. The van der Waals surface area contributed by atoms with Crippen LogP contribution in [0.15, 0.2) is 60.7 Å². The van der Waals surface area contributed by atoms with Gasteiger partial charge >= 0.3 is 0 Å². The Bertz CT molecular complexity index is 1250. The molecule has 1 aliphatic heterocycles. The van der Waals surface area contributed by atoms with Gasteiger partial charge in [0.15, 0.2) is 11.5 Å². The van der Waals surface area contributed by atoms with Gasteiger partial charge in [0.2, 0.25) is 5.91 Å². The topological polar surface area (TPSA) is 77.1 Å². The van der Waals surface area contributed by atoms with E-state index in [9.17, 15) is 9.59 Å². The molecule has 0 aliphatic carbocycles. The Morgan fingerprint density at radius 1 is 0.912 bits per heavy atom. The van der Waals surface area contributed by atoms with Gasteiger partial charge in [0.25, 0.3) is 5.91 Å². The van der Waals surface area contributed by atoms with E-state index in [1.165, 1.54) is 7.11 Å². The van der Waals surface area contributed by atoms with Gasteiger partial charge in [0, 0.05) is 18.3 Å². The van der Waals surface area contributed by atoms with Crippen LogP contribution in [0.3, 0.4) is 0 Å². The Kier molecular flexibility index (Phi) is 6.65. The molecule has 3 aromatic rings. The van der Waals surface area contributed by atoms with Crippen molar-refractivity contribution in [2.75, 3.05) is 33.7 Å². The largest absolute Gasteiger partial charge is 0.495 e. The molecule has 0 radical (unpaired) electrons. The number of carbonyl (C=O) groups excluding carboxylic acids is 2. The summed E-state index contributed by atoms with van der Waals surface area (Å²) in [6.07, 6.45) is 0. The van der Waals surface area contributed by atoms with Gasteiger partial charge in [-0.2, -0.15) is 0 Å². The summed E-state index contributed by atoms with van der Waals surface area (Å²) >= 11 is 6.25. The van der Waals surface area contributed by atoms with Crippen molar-refractivity contribution in [3.05, 3.63) is 82.4 Å². The number of nitrogens with zero attached hydrogens (tertiary/aromatic N) is 1. The Morgan fingerprint density at radius 3 is 2.26 bits per heavy atom. The molecule has 1 N–H and O–H groups in total. The summed E-state index contributed by atoms with van der Waals surface area (Å²) in [6, 6.07) is 17.1. The third-order valence-electron chi connectivity index (χ3n) is 6.03. The molecule has 0 spiro atoms. The molecule has 1 heterocycles. The Morgan fingerprint density at radius 2 is 1.59 bits per heavy atom. The van der Waals surface area contributed by atoms with E-state index >= 15 is 0 Å². The van der Waals surface area contributed by atoms with E-state index in [-0.39, 0.29) is 11.8 Å². The predicted octanol–water partition coefficient (Wildman–Crippen LogP) is 4.92. The lowest BCUT2D eigenvalue weighted by Gasteiger charge is -2.40. The molecule has 4 rings (SSSR count). The van der Waals surface area contributed by atoms with E-state index in [2.05, 4.69) is 5.32 Å². The van der Waals surface area contributed by atoms with Crippen LogP contribution in [0.2, 0.25) is 5.02 Å². The minimum absolute atomic E-state index is 0.160. The third kappa shape index (κ3) is 4.15. The lowest BCUT2D eigenvalue weighted by molar-refractivity contribution is -0.119. The molecular formula is C26H25ClN2O5. The van der Waals surface area contributed by atoms with Gasteiger partial charge in [-0.3, -0.25) is 9.59 Å². The fourth-order valence-corrected chi connectivity index (χ4v) is 4.63. The highest BCUT2D eigenvalue weighted by Crippen LogP contribution is 2.44. The summed E-state index contributed by atoms with van der Waals surface area (Å²) in [6.45, 7) is 0. The molecule has 1 aliphatic rings. The van der Waals surface area contributed by atoms with Crippen LogP contribution in [0.4, 0.5) is 5.69 Å². The maximum absolute atomic E-state index is 13.7. The average Bonchev–Trinajstić information content (AvgIpc) is 2.85. The highest BCUT2D eigenvalue weighted by molar-refractivity contribution is 6.32. The van der Waals surface area contributed by atoms with E-state index in [1.54, 1.807) is 68.6 Å². The highest BCUT2D eigenvalue weighted by atomic mass is 35.5. The molecular weight excluding hydrogens is 456 g/mol. The number of amides is 2. The number of anilines is 1. The second-order valence-electron chi connectivity index (χ2n) is 7.88. The maximum atomic E-state index is 13.7. The second kappa shape index (κ2) is 9.65. The fraction of sp³-hybridized carbons (Fsp3) is 0.231. The van der Waals surface area contributed by atoms with Crippen LogP contribution in [0, 0.1) is 0 Å². The van der Waals surface area contributed by atoms with Crippen molar-refractivity contribution in [1.82, 2.24) is 4.90 Å². The van der Waals surface area contributed by atoms with Crippen molar-refractivity contribution >= 4 is 29.1 Å². The summed E-state index contributed by atoms with van der Waals surface area (Å²) in [4.78, 5) is 28.5. The Balaban J connectivity index is 1.80. The van der Waals surface area contributed by atoms with Crippen molar-refractivity contribution < 1.29 is 23.8 Å². The molecule has 7 nitrogen and oxygen atoms in total. The Hall–Kier alpha value is -3.71. The number of benzene rings is 3. The number of nitrogens with one attached hydrogen (secondary N) is 1. The van der Waals surface area contributed by atoms with Crippen LogP contribution in [0.1, 0.15) is 33.4 Å². The molecule has 2 atom stereocenters. The van der Waals surface area contributed by atoms with Crippen LogP contribution in [0.25, 0.3) is 0 Å². The number of halogens is 1. The number of carbonyl (C=O) groups is 2. The van der Waals surface area contributed by atoms with Crippen molar-refractivity contribution in [1.29, 1.82) is 0 Å². The van der Waals surface area contributed by atoms with E-state index in [4.69, 9.17) is 25.8 Å². The first kappa shape index (κ1) is 23.4. The first-order valence-electron chi connectivity index (χ1n) is 10.6. The number of fused-ring (bicyclic) bond motifs is 1. The molecule has 0 aromatic heterocycles. The molecule has 176 valence electrons. The molecule has 0 saturated heterocycles. The van der Waals surface area contributed by atoms with E-state index in [1.807, 2.05) is 18.2 Å². The van der Waals surface area contributed by atoms with Crippen LogP contribution >= 0.6 is 11.6 Å². The molecule has 0 unspecified atom stereocenters. The zero-order valence-corrected chi connectivity index (χ0v) is 20.1. The van der Waals surface area contributed by atoms with Crippen LogP contribution < -0.4 is 19.5 Å². The Labute approximate surface area is 203 Å². The minimum Gasteiger partial charge on any atom is -0.495 e. The van der Waals surface area contributed by atoms with Crippen molar-refractivity contribution in [2.24, 2.45) is 0 Å². The summed E-state index contributed by atoms with van der Waals surface area (Å²) < 4.78 is 16.0. The maximum Gasteiger partial charge on any atom is 0.254 e. The number of hydrogen-bond donors (Lipinski definition) is 1. The van der Waals surface area contributed by atoms with Crippen molar-refractivity contribution in [3.8, 4) is 17.2 Å². The van der Waals surface area contributed by atoms with Crippen LogP contribution in [-0.2, 0) is 4.79 Å². The molecule has 8 heteroatoms. The predicted molar refractivity (Wildman–Crippen MR) is 130 cm³/mol. The number of ether oxygens (including phenoxy) is 3. The van der Waals surface area contributed by atoms with Gasteiger partial charge in [-0.15, -0.1) is 0 Å². The molecule has 0 fully saturated rings. The lowest BCUT2D eigenvalue weighted by Crippen LogP contribution is -2.44. The standard InChI is InChI=1S/C26H25ClN2O5/c1-29-24(15-9-11-21(33-3)22(13-15)34-4)23(17-7-5-6-8-18(17)26(29)31)25(30)28-16-10-12-20(32-2)19(27)14-16/h5-14,23-24H,1-4H3,(H,28,30)/t23-,24-/m1/s1. The quantitative estimate of drug-likeness (QED) is 0.542. The molecule has 0 bridgehead atoms. The number of methoxy groups -OCH3 is 3. The monoisotopic (exact) mass is 480 g/mol. The molecule has 3 aromatic carbocycles. The van der Waals surface area contributed by atoms with E-state index < -0.39 is 12.0 Å². The smallest absolute Gasteiger partial charge is 0.254 e. The van der Waals surface area contributed by atoms with Gasteiger partial charge < -0.3 is 24.4 Å². The number of hydrogen-bond acceptors (Lipinski definition) is 5. The van der Waals surface area contributed by atoms with E-state index in [0.29, 0.717) is 39.1 Å². The van der Waals surface area contributed by atoms with Gasteiger partial charge in [-0.05, 0) is 47.5 Å². The first-order chi connectivity index (χ1) is 16.4. The molecule has 34 heavy (non-hydrogen) atoms. The zero-order valence-electron chi connectivity index (χ0n) is 19.3. The molecule has 0 saturated carbocycles. The number of likely N-dealkylation sites (N-methyl/N-ethyl adjacent to an activating group) is 1. The zero-order chi connectivity index (χ0) is 24.4. The SMILES string of the molecule is COc1ccc(NC(=O)[C@@H]2c3ccccc3C(=O)N(C)[C@@H]2c2ccc(OC)c(OC)c2)cc1Cl. The minimum atomic E-state index is -0.683. The first-order valence-corrected chi connectivity index (χ1v) is 11.0. The summed E-state index contributed by atoms with van der Waals surface area (Å²) in [5.74, 6) is 0.472. The van der Waals surface area contributed by atoms with Crippen LogP contribution in [0.5, 0.6) is 17.2 Å².